The number of aryl methyl sites for hydroxylation is 2. The van der Waals surface area contributed by atoms with E-state index in [9.17, 15) is 19.5 Å². The summed E-state index contributed by atoms with van der Waals surface area (Å²) in [4.78, 5) is 42.5. The lowest BCUT2D eigenvalue weighted by molar-refractivity contribution is -0.143. The minimum atomic E-state index is -1.05. The molecule has 8 nitrogen and oxygen atoms in total. The van der Waals surface area contributed by atoms with E-state index in [-0.39, 0.29) is 17.5 Å². The van der Waals surface area contributed by atoms with Crippen LogP contribution < -0.4 is 10.6 Å². The first kappa shape index (κ1) is 33.0. The molecule has 3 unspecified atom stereocenters. The lowest BCUT2D eigenvalue weighted by Gasteiger charge is -2.38. The molecule has 220 valence electrons. The highest BCUT2D eigenvalue weighted by molar-refractivity contribution is 7.80. The number of phenolic OH excluding ortho intramolecular Hbond substituents is 1. The monoisotopic (exact) mass is 571 g/mol. The van der Waals surface area contributed by atoms with E-state index in [1.54, 1.807) is 50.8 Å². The third-order valence-corrected chi connectivity index (χ3v) is 6.89. The highest BCUT2D eigenvalue weighted by Gasteiger charge is 2.39. The molecule has 0 aromatic heterocycles. The molecule has 3 atom stereocenters. The number of alkyl carbamates (subject to hydrolysis) is 1. The number of ether oxygens (including phenoxy) is 1. The fourth-order valence-corrected chi connectivity index (χ4v) is 4.58. The van der Waals surface area contributed by atoms with Gasteiger partial charge in [0.05, 0.1) is 0 Å². The number of anilines is 1. The maximum atomic E-state index is 14.2. The Morgan fingerprint density at radius 1 is 1.00 bits per heavy atom. The molecule has 0 saturated carbocycles. The first-order chi connectivity index (χ1) is 18.6. The van der Waals surface area contributed by atoms with Crippen LogP contribution in [0.3, 0.4) is 0 Å². The number of phenols is 1. The number of thiol groups is 1. The number of para-hydroxylation sites is 1. The third kappa shape index (κ3) is 9.47. The van der Waals surface area contributed by atoms with Crippen LogP contribution in [-0.4, -0.2) is 51.4 Å². The van der Waals surface area contributed by atoms with Crippen LogP contribution in [-0.2, 0) is 14.3 Å². The fourth-order valence-electron chi connectivity index (χ4n) is 4.33. The molecule has 0 aliphatic carbocycles. The van der Waals surface area contributed by atoms with Crippen LogP contribution in [0, 0.1) is 19.8 Å². The van der Waals surface area contributed by atoms with Gasteiger partial charge in [0.1, 0.15) is 23.4 Å². The smallest absolute Gasteiger partial charge is 0.408 e. The Bertz CT molecular complexity index is 1180. The Morgan fingerprint density at radius 2 is 1.65 bits per heavy atom. The highest BCUT2D eigenvalue weighted by atomic mass is 32.1. The van der Waals surface area contributed by atoms with Gasteiger partial charge in [-0.3, -0.25) is 9.59 Å². The summed E-state index contributed by atoms with van der Waals surface area (Å²) >= 11 is 4.37. The van der Waals surface area contributed by atoms with Gasteiger partial charge in [0.15, 0.2) is 0 Å². The minimum Gasteiger partial charge on any atom is -0.508 e. The van der Waals surface area contributed by atoms with Crippen LogP contribution in [0.15, 0.2) is 42.5 Å². The van der Waals surface area contributed by atoms with E-state index in [0.29, 0.717) is 29.2 Å². The van der Waals surface area contributed by atoms with E-state index in [1.165, 1.54) is 6.07 Å². The summed E-state index contributed by atoms with van der Waals surface area (Å²) in [5.74, 6) is -0.374. The van der Waals surface area contributed by atoms with E-state index in [1.807, 2.05) is 32.0 Å². The Morgan fingerprint density at radius 3 is 2.20 bits per heavy atom. The van der Waals surface area contributed by atoms with Crippen molar-refractivity contribution in [1.29, 1.82) is 0 Å². The van der Waals surface area contributed by atoms with E-state index in [4.69, 9.17) is 4.74 Å². The topological polar surface area (TPSA) is 108 Å². The summed E-state index contributed by atoms with van der Waals surface area (Å²) in [6.45, 7) is 15.0. The van der Waals surface area contributed by atoms with Gasteiger partial charge in [-0.25, -0.2) is 4.79 Å². The van der Waals surface area contributed by atoms with Gasteiger partial charge in [0, 0.05) is 17.5 Å². The molecule has 0 aliphatic rings. The van der Waals surface area contributed by atoms with Gasteiger partial charge < -0.3 is 25.4 Å². The SMILES string of the molecule is Cc1cc(C(C(=O)Nc2ccccc2C)N(C(=O)C(CS)NC(=O)OC(C)(C)C)C(C)CCC(C)C)ccc1O. The molecule has 3 N–H and O–H groups in total. The average Bonchev–Trinajstić information content (AvgIpc) is 2.86. The van der Waals surface area contributed by atoms with E-state index < -0.39 is 35.6 Å². The quantitative estimate of drug-likeness (QED) is 0.242. The largest absolute Gasteiger partial charge is 0.508 e. The number of amides is 3. The molecule has 0 fully saturated rings. The summed E-state index contributed by atoms with van der Waals surface area (Å²) in [5, 5.41) is 15.9. The Labute approximate surface area is 244 Å². The number of hydrogen-bond donors (Lipinski definition) is 4. The first-order valence-corrected chi connectivity index (χ1v) is 14.4. The Balaban J connectivity index is 2.61. The molecular weight excluding hydrogens is 526 g/mol. The van der Waals surface area contributed by atoms with Crippen LogP contribution in [0.5, 0.6) is 5.75 Å². The zero-order valence-electron chi connectivity index (χ0n) is 24.9. The predicted molar refractivity (Wildman–Crippen MR) is 163 cm³/mol. The molecular formula is C31H45N3O5S. The molecule has 0 heterocycles. The standard InChI is InChI=1S/C31H45N3O5S/c1-19(2)13-14-22(5)34(29(37)25(18-40)33-30(38)39-31(6,7)8)27(23-15-16-26(35)21(4)17-23)28(36)32-24-12-10-9-11-20(24)3/h9-12,15-17,19,22,25,27,35,40H,13-14,18H2,1-8H3,(H,32,36)(H,33,38). The van der Waals surface area contributed by atoms with Gasteiger partial charge in [0.2, 0.25) is 5.91 Å². The number of benzene rings is 2. The van der Waals surface area contributed by atoms with Gasteiger partial charge in [-0.05, 0) is 95.2 Å². The van der Waals surface area contributed by atoms with Gasteiger partial charge >= 0.3 is 6.09 Å². The van der Waals surface area contributed by atoms with Crippen molar-refractivity contribution in [3.8, 4) is 5.75 Å². The number of nitrogens with zero attached hydrogens (tertiary/aromatic N) is 1. The summed E-state index contributed by atoms with van der Waals surface area (Å²) in [5.41, 5.74) is 1.88. The molecule has 0 spiro atoms. The van der Waals surface area contributed by atoms with E-state index in [0.717, 1.165) is 12.0 Å². The van der Waals surface area contributed by atoms with Crippen LogP contribution in [0.4, 0.5) is 10.5 Å². The zero-order valence-corrected chi connectivity index (χ0v) is 25.8. The molecule has 2 aromatic carbocycles. The van der Waals surface area contributed by atoms with Crippen molar-refractivity contribution < 1.29 is 24.2 Å². The van der Waals surface area contributed by atoms with Crippen molar-refractivity contribution in [3.63, 3.8) is 0 Å². The molecule has 0 bridgehead atoms. The number of carbonyl (C=O) groups is 3. The normalized spacial score (nSPS) is 13.8. The van der Waals surface area contributed by atoms with Gasteiger partial charge in [-0.15, -0.1) is 0 Å². The molecule has 0 radical (unpaired) electrons. The highest BCUT2D eigenvalue weighted by Crippen LogP contribution is 2.31. The molecule has 40 heavy (non-hydrogen) atoms. The molecule has 0 saturated heterocycles. The van der Waals surface area contributed by atoms with Crippen molar-refractivity contribution in [2.24, 2.45) is 5.92 Å². The summed E-state index contributed by atoms with van der Waals surface area (Å²) < 4.78 is 5.39. The van der Waals surface area contributed by atoms with Gasteiger partial charge in [-0.1, -0.05) is 38.1 Å². The minimum absolute atomic E-state index is 0.00617. The van der Waals surface area contributed by atoms with Crippen molar-refractivity contribution in [3.05, 3.63) is 59.2 Å². The van der Waals surface area contributed by atoms with Crippen molar-refractivity contribution >= 4 is 36.2 Å². The Hall–Kier alpha value is -3.20. The molecule has 9 heteroatoms. The van der Waals surface area contributed by atoms with Crippen molar-refractivity contribution in [1.82, 2.24) is 10.2 Å². The van der Waals surface area contributed by atoms with E-state index in [2.05, 4.69) is 37.1 Å². The number of hydrogen-bond acceptors (Lipinski definition) is 6. The predicted octanol–water partition coefficient (Wildman–Crippen LogP) is 6.17. The summed E-state index contributed by atoms with van der Waals surface area (Å²) in [6.07, 6.45) is 0.730. The van der Waals surface area contributed by atoms with Crippen LogP contribution in [0.1, 0.15) is 77.1 Å². The molecule has 3 amide bonds. The van der Waals surface area contributed by atoms with Crippen LogP contribution >= 0.6 is 12.6 Å². The lowest BCUT2D eigenvalue weighted by Crippen LogP contribution is -2.55. The van der Waals surface area contributed by atoms with Crippen LogP contribution in [0.25, 0.3) is 0 Å². The lowest BCUT2D eigenvalue weighted by atomic mass is 9.96. The molecule has 2 rings (SSSR count). The average molecular weight is 572 g/mol. The van der Waals surface area contributed by atoms with Crippen molar-refractivity contribution in [2.45, 2.75) is 92.0 Å². The van der Waals surface area contributed by atoms with Gasteiger partial charge in [0.25, 0.3) is 5.91 Å². The maximum absolute atomic E-state index is 14.2. The fraction of sp³-hybridized carbons (Fsp3) is 0.516. The number of rotatable bonds is 11. The molecule has 0 aliphatic heterocycles. The molecule has 2 aromatic rings. The summed E-state index contributed by atoms with van der Waals surface area (Å²) in [7, 11) is 0. The second-order valence-electron chi connectivity index (χ2n) is 11.7. The van der Waals surface area contributed by atoms with E-state index >= 15 is 0 Å². The summed E-state index contributed by atoms with van der Waals surface area (Å²) in [6, 6.07) is 9.86. The zero-order chi connectivity index (χ0) is 30.2. The first-order valence-electron chi connectivity index (χ1n) is 13.7. The second kappa shape index (κ2) is 14.4. The third-order valence-electron chi connectivity index (χ3n) is 6.53. The number of nitrogens with one attached hydrogen (secondary N) is 2. The number of carbonyl (C=O) groups excluding carboxylic acids is 3. The van der Waals surface area contributed by atoms with Crippen molar-refractivity contribution in [2.75, 3.05) is 11.1 Å². The Kier molecular flexibility index (Phi) is 11.9. The van der Waals surface area contributed by atoms with Gasteiger partial charge in [-0.2, -0.15) is 12.6 Å². The van der Waals surface area contributed by atoms with Crippen LogP contribution in [0.2, 0.25) is 0 Å². The maximum Gasteiger partial charge on any atom is 0.408 e. The second-order valence-corrected chi connectivity index (χ2v) is 12.1. The number of aromatic hydroxyl groups is 1.